The molecule has 3 aromatic carbocycles. The Morgan fingerprint density at radius 1 is 0.968 bits per heavy atom. The molecule has 1 heterocycles. The molecule has 0 aliphatic carbocycles. The van der Waals surface area contributed by atoms with E-state index in [2.05, 4.69) is 50.2 Å². The van der Waals surface area contributed by atoms with Gasteiger partial charge >= 0.3 is 0 Å². The summed E-state index contributed by atoms with van der Waals surface area (Å²) in [5, 5.41) is 12.5. The molecule has 156 valence electrons. The van der Waals surface area contributed by atoms with Crippen molar-refractivity contribution in [2.24, 2.45) is 0 Å². The number of benzene rings is 3. The number of nitrogens with zero attached hydrogens (tertiary/aromatic N) is 3. The molecule has 31 heavy (non-hydrogen) atoms. The minimum atomic E-state index is -0.0683. The van der Waals surface area contributed by atoms with Gasteiger partial charge in [0, 0.05) is 20.5 Å². The van der Waals surface area contributed by atoms with Crippen molar-refractivity contribution in [2.45, 2.75) is 19.0 Å². The van der Waals surface area contributed by atoms with Crippen LogP contribution in [0.25, 0.3) is 17.1 Å². The van der Waals surface area contributed by atoms with Crippen molar-refractivity contribution in [3.8, 4) is 17.1 Å². The summed E-state index contributed by atoms with van der Waals surface area (Å²) in [5.74, 6) is 0.922. The lowest BCUT2D eigenvalue weighted by Crippen LogP contribution is -2.16. The van der Waals surface area contributed by atoms with Gasteiger partial charge < -0.3 is 5.32 Å². The smallest absolute Gasteiger partial charge is 0.234 e. The number of aryl methyl sites for hydroxylation is 2. The number of aromatic nitrogens is 3. The number of para-hydroxylation sites is 1. The molecule has 4 aromatic rings. The first-order chi connectivity index (χ1) is 15.0. The normalized spacial score (nSPS) is 10.8. The van der Waals surface area contributed by atoms with Gasteiger partial charge in [-0.15, -0.1) is 10.2 Å². The van der Waals surface area contributed by atoms with Crippen LogP contribution in [0.4, 0.5) is 5.69 Å². The number of rotatable bonds is 6. The van der Waals surface area contributed by atoms with Gasteiger partial charge in [-0.1, -0.05) is 60.3 Å². The Labute approximate surface area is 199 Å². The summed E-state index contributed by atoms with van der Waals surface area (Å²) in [7, 11) is 0. The molecule has 1 amide bonds. The first-order valence-electron chi connectivity index (χ1n) is 9.78. The minimum Gasteiger partial charge on any atom is -0.325 e. The van der Waals surface area contributed by atoms with Crippen molar-refractivity contribution in [1.82, 2.24) is 14.8 Å². The van der Waals surface area contributed by atoms with Crippen LogP contribution in [0.15, 0.2) is 78.0 Å². The van der Waals surface area contributed by atoms with E-state index < -0.39 is 0 Å². The van der Waals surface area contributed by atoms with Crippen LogP contribution in [0.1, 0.15) is 11.1 Å². The Hall–Kier alpha value is -2.65. The predicted molar refractivity (Wildman–Crippen MR) is 135 cm³/mol. The van der Waals surface area contributed by atoms with Crippen molar-refractivity contribution in [1.29, 1.82) is 0 Å². The highest BCUT2D eigenvalue weighted by molar-refractivity contribution is 14.1. The fraction of sp³-hybridized carbons (Fsp3) is 0.125. The van der Waals surface area contributed by atoms with Gasteiger partial charge in [-0.3, -0.25) is 9.36 Å². The van der Waals surface area contributed by atoms with Gasteiger partial charge in [0.25, 0.3) is 0 Å². The fourth-order valence-electron chi connectivity index (χ4n) is 3.36. The lowest BCUT2D eigenvalue weighted by atomic mass is 10.1. The van der Waals surface area contributed by atoms with Gasteiger partial charge in [-0.05, 0) is 71.8 Å². The molecule has 0 saturated carbocycles. The van der Waals surface area contributed by atoms with Crippen molar-refractivity contribution in [2.75, 3.05) is 11.1 Å². The number of thioether (sulfide) groups is 1. The molecule has 1 aromatic heterocycles. The number of anilines is 1. The zero-order chi connectivity index (χ0) is 21.8. The van der Waals surface area contributed by atoms with E-state index in [4.69, 9.17) is 0 Å². The molecular weight excluding hydrogens is 519 g/mol. The molecule has 0 unspecified atom stereocenters. The van der Waals surface area contributed by atoms with E-state index in [1.54, 1.807) is 0 Å². The van der Waals surface area contributed by atoms with Crippen LogP contribution in [-0.2, 0) is 4.79 Å². The highest BCUT2D eigenvalue weighted by Gasteiger charge is 2.17. The third-order valence-electron chi connectivity index (χ3n) is 4.77. The molecule has 1 N–H and O–H groups in total. The van der Waals surface area contributed by atoms with Crippen LogP contribution >= 0.6 is 34.4 Å². The van der Waals surface area contributed by atoms with E-state index in [1.807, 2.05) is 79.1 Å². The Bertz CT molecular complexity index is 1190. The second kappa shape index (κ2) is 9.65. The summed E-state index contributed by atoms with van der Waals surface area (Å²) in [5.41, 5.74) is 4.92. The van der Waals surface area contributed by atoms with Crippen LogP contribution in [-0.4, -0.2) is 26.4 Å². The predicted octanol–water partition coefficient (Wildman–Crippen LogP) is 5.89. The highest BCUT2D eigenvalue weighted by Crippen LogP contribution is 2.28. The summed E-state index contributed by atoms with van der Waals surface area (Å²) in [6.07, 6.45) is 0. The quantitative estimate of drug-likeness (QED) is 0.245. The van der Waals surface area contributed by atoms with Crippen LogP contribution in [0, 0.1) is 17.4 Å². The Kier molecular flexibility index (Phi) is 6.72. The van der Waals surface area contributed by atoms with Crippen molar-refractivity contribution >= 4 is 45.9 Å². The summed E-state index contributed by atoms with van der Waals surface area (Å²) in [6, 6.07) is 24.0. The Morgan fingerprint density at radius 3 is 2.23 bits per heavy atom. The van der Waals surface area contributed by atoms with Crippen LogP contribution in [0.5, 0.6) is 0 Å². The van der Waals surface area contributed by atoms with E-state index in [9.17, 15) is 4.79 Å². The standard InChI is InChI=1S/C24H21IN4OS/c1-16-13-19(25)14-17(2)22(16)26-21(30)15-31-24-28-27-23(18-9-5-3-6-10-18)29(24)20-11-7-4-8-12-20/h3-14H,15H2,1-2H3,(H,26,30). The first-order valence-corrected chi connectivity index (χ1v) is 11.8. The summed E-state index contributed by atoms with van der Waals surface area (Å²) in [6.45, 7) is 4.02. The second-order valence-corrected chi connectivity index (χ2v) is 9.28. The lowest BCUT2D eigenvalue weighted by molar-refractivity contribution is -0.113. The van der Waals surface area contributed by atoms with Gasteiger partial charge in [0.15, 0.2) is 11.0 Å². The van der Waals surface area contributed by atoms with Gasteiger partial charge in [-0.25, -0.2) is 0 Å². The molecule has 4 rings (SSSR count). The van der Waals surface area contributed by atoms with Gasteiger partial charge in [0.05, 0.1) is 5.75 Å². The fourth-order valence-corrected chi connectivity index (χ4v) is 5.05. The van der Waals surface area contributed by atoms with E-state index in [-0.39, 0.29) is 11.7 Å². The lowest BCUT2D eigenvalue weighted by Gasteiger charge is -2.13. The number of hydrogen-bond acceptors (Lipinski definition) is 4. The first kappa shape index (κ1) is 21.6. The SMILES string of the molecule is Cc1cc(I)cc(C)c1NC(=O)CSc1nnc(-c2ccccc2)n1-c1ccccc1. The maximum Gasteiger partial charge on any atom is 0.234 e. The highest BCUT2D eigenvalue weighted by atomic mass is 127. The van der Waals surface area contributed by atoms with Crippen LogP contribution in [0.3, 0.4) is 0 Å². The van der Waals surface area contributed by atoms with Crippen molar-refractivity contribution in [3.05, 3.63) is 87.5 Å². The minimum absolute atomic E-state index is 0.0683. The number of carbonyl (C=O) groups is 1. The Morgan fingerprint density at radius 2 is 1.58 bits per heavy atom. The third-order valence-corrected chi connectivity index (χ3v) is 6.33. The molecule has 0 radical (unpaired) electrons. The number of nitrogens with one attached hydrogen (secondary N) is 1. The second-order valence-electron chi connectivity index (χ2n) is 7.09. The van der Waals surface area contributed by atoms with Crippen LogP contribution < -0.4 is 5.32 Å². The average Bonchev–Trinajstić information content (AvgIpc) is 3.20. The molecule has 5 nitrogen and oxygen atoms in total. The maximum absolute atomic E-state index is 12.7. The summed E-state index contributed by atoms with van der Waals surface area (Å²) in [4.78, 5) is 12.7. The van der Waals surface area contributed by atoms with Gasteiger partial charge in [-0.2, -0.15) is 0 Å². The van der Waals surface area contributed by atoms with Crippen LogP contribution in [0.2, 0.25) is 0 Å². The molecule has 7 heteroatoms. The van der Waals surface area contributed by atoms with E-state index in [0.717, 1.165) is 37.5 Å². The molecule has 0 fully saturated rings. The monoisotopic (exact) mass is 540 g/mol. The van der Waals surface area contributed by atoms with E-state index >= 15 is 0 Å². The number of halogens is 1. The Balaban J connectivity index is 1.58. The van der Waals surface area contributed by atoms with Crippen molar-refractivity contribution in [3.63, 3.8) is 0 Å². The van der Waals surface area contributed by atoms with Crippen molar-refractivity contribution < 1.29 is 4.79 Å². The number of hydrogen-bond donors (Lipinski definition) is 1. The zero-order valence-corrected chi connectivity index (χ0v) is 20.1. The molecular formula is C24H21IN4OS. The van der Waals surface area contributed by atoms with E-state index in [1.165, 1.54) is 11.8 Å². The molecule has 0 aliphatic rings. The number of amides is 1. The van der Waals surface area contributed by atoms with E-state index in [0.29, 0.717) is 5.16 Å². The molecule has 0 saturated heterocycles. The largest absolute Gasteiger partial charge is 0.325 e. The third kappa shape index (κ3) is 4.99. The number of carbonyl (C=O) groups excluding carboxylic acids is 1. The van der Waals surface area contributed by atoms with Gasteiger partial charge in [0.2, 0.25) is 5.91 Å². The zero-order valence-electron chi connectivity index (χ0n) is 17.2. The molecule has 0 spiro atoms. The summed E-state index contributed by atoms with van der Waals surface area (Å²) >= 11 is 3.66. The molecule has 0 atom stereocenters. The topological polar surface area (TPSA) is 59.8 Å². The molecule has 0 aliphatic heterocycles. The molecule has 0 bridgehead atoms. The average molecular weight is 540 g/mol. The maximum atomic E-state index is 12.7. The van der Waals surface area contributed by atoms with Gasteiger partial charge in [0.1, 0.15) is 0 Å². The summed E-state index contributed by atoms with van der Waals surface area (Å²) < 4.78 is 3.15.